The van der Waals surface area contributed by atoms with Gasteiger partial charge in [0.15, 0.2) is 0 Å². The van der Waals surface area contributed by atoms with Crippen molar-refractivity contribution >= 4 is 34.9 Å². The lowest BCUT2D eigenvalue weighted by Crippen LogP contribution is -2.43. The Bertz CT molecular complexity index is 1590. The van der Waals surface area contributed by atoms with Crippen molar-refractivity contribution in [3.8, 4) is 11.3 Å². The molecule has 1 aromatic heterocycles. The summed E-state index contributed by atoms with van der Waals surface area (Å²) in [6.07, 6.45) is 5.28. The number of aryl methyl sites for hydroxylation is 2. The molecular formula is C35H37NSi. The highest BCUT2D eigenvalue weighted by atomic mass is 28.3. The van der Waals surface area contributed by atoms with Gasteiger partial charge in [0.25, 0.3) is 0 Å². The van der Waals surface area contributed by atoms with Crippen LogP contribution in [0.5, 0.6) is 0 Å². The predicted octanol–water partition coefficient (Wildman–Crippen LogP) is 9.03. The minimum absolute atomic E-state index is 0.648. The van der Waals surface area contributed by atoms with Crippen molar-refractivity contribution in [2.24, 2.45) is 0 Å². The number of hydrogen-bond donors (Lipinski definition) is 0. The maximum absolute atomic E-state index is 5.31. The Balaban J connectivity index is 1.54. The molecule has 1 heterocycles. The Morgan fingerprint density at radius 2 is 1.54 bits per heavy atom. The van der Waals surface area contributed by atoms with E-state index in [1.165, 1.54) is 74.8 Å². The summed E-state index contributed by atoms with van der Waals surface area (Å²) in [5.41, 5.74) is 9.18. The van der Waals surface area contributed by atoms with E-state index in [0.717, 1.165) is 17.3 Å². The molecule has 0 spiro atoms. The molecule has 6 rings (SSSR count). The molecule has 0 unspecified atom stereocenters. The lowest BCUT2D eigenvalue weighted by Gasteiger charge is -2.24. The maximum Gasteiger partial charge on any atom is 0.0849 e. The third-order valence-electron chi connectivity index (χ3n) is 8.51. The van der Waals surface area contributed by atoms with Crippen LogP contribution in [0.25, 0.3) is 32.9 Å². The van der Waals surface area contributed by atoms with Gasteiger partial charge in [-0.05, 0) is 95.9 Å². The lowest BCUT2D eigenvalue weighted by molar-refractivity contribution is 0.728. The van der Waals surface area contributed by atoms with Crippen LogP contribution in [0.1, 0.15) is 53.9 Å². The first-order valence-electron chi connectivity index (χ1n) is 13.9. The largest absolute Gasteiger partial charge is 0.248 e. The summed E-state index contributed by atoms with van der Waals surface area (Å²) < 4.78 is 0. The van der Waals surface area contributed by atoms with Gasteiger partial charge in [0.2, 0.25) is 0 Å². The summed E-state index contributed by atoms with van der Waals surface area (Å²) in [4.78, 5) is 5.31. The van der Waals surface area contributed by atoms with E-state index in [4.69, 9.17) is 4.98 Å². The van der Waals surface area contributed by atoms with Crippen LogP contribution in [0.15, 0.2) is 84.9 Å². The van der Waals surface area contributed by atoms with E-state index in [2.05, 4.69) is 112 Å². The average molecular weight is 500 g/mol. The Hall–Kier alpha value is -3.23. The zero-order chi connectivity index (χ0) is 25.6. The van der Waals surface area contributed by atoms with Crippen molar-refractivity contribution < 1.29 is 0 Å². The molecule has 1 saturated carbocycles. The molecule has 4 aromatic carbocycles. The van der Waals surface area contributed by atoms with Gasteiger partial charge < -0.3 is 0 Å². The first-order valence-corrected chi connectivity index (χ1v) is 17.1. The summed E-state index contributed by atoms with van der Waals surface area (Å²) >= 11 is 0. The van der Waals surface area contributed by atoms with Gasteiger partial charge in [-0.2, -0.15) is 0 Å². The van der Waals surface area contributed by atoms with Crippen LogP contribution in [0.3, 0.4) is 0 Å². The summed E-state index contributed by atoms with van der Waals surface area (Å²) in [7, 11) is -1.67. The molecule has 0 atom stereocenters. The summed E-state index contributed by atoms with van der Waals surface area (Å²) in [5.74, 6) is 0.648. The van der Waals surface area contributed by atoms with Gasteiger partial charge in [0, 0.05) is 10.9 Å². The first kappa shape index (κ1) is 24.1. The smallest absolute Gasteiger partial charge is 0.0849 e. The van der Waals surface area contributed by atoms with Gasteiger partial charge in [0.1, 0.15) is 0 Å². The zero-order valence-electron chi connectivity index (χ0n) is 22.6. The maximum atomic E-state index is 5.31. The van der Waals surface area contributed by atoms with Gasteiger partial charge in [-0.3, -0.25) is 0 Å². The van der Waals surface area contributed by atoms with Crippen LogP contribution in [0, 0.1) is 13.8 Å². The number of nitrogens with zero attached hydrogens (tertiary/aromatic N) is 1. The summed E-state index contributed by atoms with van der Waals surface area (Å²) in [6.45, 7) is 9.46. The second-order valence-corrected chi connectivity index (χ2v) is 16.5. The third-order valence-corrected chi connectivity index (χ3v) is 11.7. The van der Waals surface area contributed by atoms with Crippen LogP contribution >= 0.6 is 0 Å². The number of benzene rings is 4. The molecule has 0 N–H and O–H groups in total. The molecule has 0 saturated heterocycles. The van der Waals surface area contributed by atoms with E-state index < -0.39 is 8.07 Å². The highest BCUT2D eigenvalue weighted by Gasteiger charge is 2.26. The van der Waals surface area contributed by atoms with Crippen LogP contribution in [0.2, 0.25) is 13.1 Å². The topological polar surface area (TPSA) is 12.9 Å². The van der Waals surface area contributed by atoms with Crippen molar-refractivity contribution in [2.45, 2.75) is 64.6 Å². The highest BCUT2D eigenvalue weighted by molar-refractivity contribution is 6.89. The van der Waals surface area contributed by atoms with Crippen molar-refractivity contribution in [3.63, 3.8) is 0 Å². The van der Waals surface area contributed by atoms with Crippen LogP contribution in [-0.4, -0.2) is 13.1 Å². The Kier molecular flexibility index (Phi) is 6.24. The van der Waals surface area contributed by atoms with E-state index >= 15 is 0 Å². The quantitative estimate of drug-likeness (QED) is 0.220. The molecule has 5 aromatic rings. The fourth-order valence-electron chi connectivity index (χ4n) is 6.65. The zero-order valence-corrected chi connectivity index (χ0v) is 23.6. The number of hydrogen-bond acceptors (Lipinski definition) is 1. The lowest BCUT2D eigenvalue weighted by atomic mass is 9.89. The van der Waals surface area contributed by atoms with Crippen LogP contribution in [0.4, 0.5) is 0 Å². The molecule has 37 heavy (non-hydrogen) atoms. The molecule has 2 heteroatoms. The highest BCUT2D eigenvalue weighted by Crippen LogP contribution is 2.41. The van der Waals surface area contributed by atoms with E-state index in [9.17, 15) is 0 Å². The van der Waals surface area contributed by atoms with Gasteiger partial charge >= 0.3 is 0 Å². The number of aromatic nitrogens is 1. The molecule has 0 amide bonds. The molecular weight excluding hydrogens is 462 g/mol. The number of pyridine rings is 1. The van der Waals surface area contributed by atoms with Crippen LogP contribution in [-0.2, 0) is 6.04 Å². The van der Waals surface area contributed by atoms with Crippen molar-refractivity contribution in [2.75, 3.05) is 0 Å². The van der Waals surface area contributed by atoms with Crippen molar-refractivity contribution in [1.29, 1.82) is 0 Å². The Morgan fingerprint density at radius 3 is 2.32 bits per heavy atom. The summed E-state index contributed by atoms with van der Waals surface area (Å²) in [5, 5.41) is 5.60. The van der Waals surface area contributed by atoms with E-state index in [-0.39, 0.29) is 0 Å². The minimum Gasteiger partial charge on any atom is -0.248 e. The minimum atomic E-state index is -1.67. The monoisotopic (exact) mass is 499 g/mol. The molecule has 1 aliphatic rings. The second-order valence-electron chi connectivity index (χ2n) is 11.8. The molecule has 186 valence electrons. The second kappa shape index (κ2) is 9.57. The van der Waals surface area contributed by atoms with Gasteiger partial charge in [0.05, 0.1) is 19.3 Å². The van der Waals surface area contributed by atoms with Gasteiger partial charge in [-0.15, -0.1) is 0 Å². The summed E-state index contributed by atoms with van der Waals surface area (Å²) in [6, 6.07) is 33.1. The average Bonchev–Trinajstić information content (AvgIpc) is 3.43. The molecule has 0 bridgehead atoms. The predicted molar refractivity (Wildman–Crippen MR) is 163 cm³/mol. The van der Waals surface area contributed by atoms with Crippen LogP contribution < -0.4 is 5.19 Å². The van der Waals surface area contributed by atoms with Gasteiger partial charge in [-0.1, -0.05) is 91.8 Å². The Labute approximate surface area is 222 Å². The van der Waals surface area contributed by atoms with E-state index in [1.807, 2.05) is 0 Å². The van der Waals surface area contributed by atoms with Crippen molar-refractivity contribution in [1.82, 2.24) is 4.98 Å². The molecule has 0 aliphatic heterocycles. The number of rotatable bonds is 5. The normalized spacial score (nSPS) is 14.6. The molecule has 1 aliphatic carbocycles. The number of fused-ring (bicyclic) bond motifs is 2. The SMILES string of the molecule is Cc1cc(C)c2c(C3CCCC3)cc(-c3cc(C[Si](C)(C)c4ccccc4)c4ccccc4c3)nc2c1. The fraction of sp³-hybridized carbons (Fsp3) is 0.286. The molecule has 1 nitrogen and oxygen atoms in total. The first-order chi connectivity index (χ1) is 17.9. The fourth-order valence-corrected chi connectivity index (χ4v) is 9.19. The standard InChI is InChI=1S/C35H37NSi/c1-24-18-25(2)35-32(26-12-8-9-13-26)22-33(36-34(35)19-24)28-20-27-14-10-11-17-31(27)29(21-28)23-37(3,4)30-15-6-5-7-16-30/h5-7,10-11,14-22,26H,8-9,12-13,23H2,1-4H3. The van der Waals surface area contributed by atoms with E-state index in [1.54, 1.807) is 0 Å². The van der Waals surface area contributed by atoms with Crippen molar-refractivity contribution in [3.05, 3.63) is 107 Å². The third kappa shape index (κ3) is 4.64. The molecule has 0 radical (unpaired) electrons. The van der Waals surface area contributed by atoms with E-state index in [0.29, 0.717) is 5.92 Å². The molecule has 1 fully saturated rings. The van der Waals surface area contributed by atoms with Gasteiger partial charge in [-0.25, -0.2) is 4.98 Å². The Morgan fingerprint density at radius 1 is 0.811 bits per heavy atom.